The predicted octanol–water partition coefficient (Wildman–Crippen LogP) is 7.24. The number of benzene rings is 3. The number of nitrogens with zero attached hydrogens (tertiary/aromatic N) is 4. The summed E-state index contributed by atoms with van der Waals surface area (Å²) in [5.74, 6) is 0.798. The summed E-state index contributed by atoms with van der Waals surface area (Å²) >= 11 is 0. The van der Waals surface area contributed by atoms with Gasteiger partial charge in [-0.25, -0.2) is 9.78 Å². The Kier molecular flexibility index (Phi) is 8.16. The topological polar surface area (TPSA) is 81.4 Å². The summed E-state index contributed by atoms with van der Waals surface area (Å²) in [6.45, 7) is 11.7. The van der Waals surface area contributed by atoms with Gasteiger partial charge in [0, 0.05) is 49.2 Å². The van der Waals surface area contributed by atoms with Gasteiger partial charge in [-0.05, 0) is 94.0 Å². The van der Waals surface area contributed by atoms with E-state index in [2.05, 4.69) is 76.8 Å². The molecule has 5 aromatic rings. The number of piperidine rings is 1. The number of hydrogen-bond acceptors (Lipinski definition) is 4. The van der Waals surface area contributed by atoms with E-state index in [9.17, 15) is 9.59 Å². The van der Waals surface area contributed by atoms with Gasteiger partial charge in [0.1, 0.15) is 5.60 Å². The summed E-state index contributed by atoms with van der Waals surface area (Å²) < 4.78 is 9.88. The molecule has 1 atom stereocenters. The molecule has 1 fully saturated rings. The number of aromatic nitrogens is 3. The van der Waals surface area contributed by atoms with Crippen LogP contribution in [0, 0.1) is 6.92 Å². The van der Waals surface area contributed by atoms with E-state index in [1.165, 1.54) is 16.7 Å². The summed E-state index contributed by atoms with van der Waals surface area (Å²) in [5, 5.41) is 4.10. The maximum Gasteiger partial charge on any atom is 0.407 e. The molecule has 8 nitrogen and oxygen atoms in total. The third-order valence-electron chi connectivity index (χ3n) is 8.73. The number of fused-ring (bicyclic) bond motifs is 2. The van der Waals surface area contributed by atoms with Gasteiger partial charge < -0.3 is 24.1 Å². The Morgan fingerprint density at radius 2 is 1.82 bits per heavy atom. The lowest BCUT2D eigenvalue weighted by Gasteiger charge is -2.33. The minimum Gasteiger partial charge on any atom is -0.444 e. The van der Waals surface area contributed by atoms with Gasteiger partial charge in [-0.3, -0.25) is 4.79 Å². The van der Waals surface area contributed by atoms with Gasteiger partial charge in [-0.2, -0.15) is 0 Å². The van der Waals surface area contributed by atoms with E-state index in [0.717, 1.165) is 59.3 Å². The fraction of sp³-hybridized carbons (Fsp3) is 0.378. The zero-order valence-corrected chi connectivity index (χ0v) is 27.2. The monoisotopic (exact) mass is 605 g/mol. The van der Waals surface area contributed by atoms with Crippen molar-refractivity contribution >= 4 is 33.9 Å². The molecular formula is C37H43N5O3. The first-order valence-electron chi connectivity index (χ1n) is 15.9. The normalized spacial score (nSPS) is 15.5. The predicted molar refractivity (Wildman–Crippen MR) is 180 cm³/mol. The molecule has 1 aliphatic rings. The first-order valence-corrected chi connectivity index (χ1v) is 15.9. The van der Waals surface area contributed by atoms with Crippen LogP contribution in [0.25, 0.3) is 33.5 Å². The van der Waals surface area contributed by atoms with Gasteiger partial charge >= 0.3 is 6.09 Å². The van der Waals surface area contributed by atoms with Crippen molar-refractivity contribution in [3.05, 3.63) is 89.0 Å². The SMILES string of the molecule is CCc1ccc(Cn2c(-c3nc4cc(C(=O)N5CCCC(NC(=O)OC(C)(C)C)C5)ccc4n3C)cc3ccccc32)cc1C. The lowest BCUT2D eigenvalue weighted by atomic mass is 10.0. The Balaban J connectivity index is 1.29. The third kappa shape index (κ3) is 6.32. The highest BCUT2D eigenvalue weighted by molar-refractivity contribution is 5.98. The van der Waals surface area contributed by atoms with Gasteiger partial charge in [-0.15, -0.1) is 0 Å². The smallest absolute Gasteiger partial charge is 0.407 e. The fourth-order valence-electron chi connectivity index (χ4n) is 6.50. The van der Waals surface area contributed by atoms with Crippen LogP contribution in [0.4, 0.5) is 4.79 Å². The molecule has 2 aromatic heterocycles. The average molecular weight is 606 g/mol. The largest absolute Gasteiger partial charge is 0.444 e. The Morgan fingerprint density at radius 3 is 2.58 bits per heavy atom. The second-order valence-corrected chi connectivity index (χ2v) is 13.2. The minimum absolute atomic E-state index is 0.0557. The molecule has 0 aliphatic carbocycles. The lowest BCUT2D eigenvalue weighted by Crippen LogP contribution is -2.50. The van der Waals surface area contributed by atoms with E-state index in [0.29, 0.717) is 18.7 Å². The molecule has 1 N–H and O–H groups in total. The van der Waals surface area contributed by atoms with Crippen molar-refractivity contribution < 1.29 is 14.3 Å². The number of carbonyl (C=O) groups excluding carboxylic acids is 2. The second kappa shape index (κ2) is 12.1. The van der Waals surface area contributed by atoms with Crippen LogP contribution in [0.3, 0.4) is 0 Å². The number of para-hydroxylation sites is 1. The van der Waals surface area contributed by atoms with Crippen LogP contribution in [0.5, 0.6) is 0 Å². The van der Waals surface area contributed by atoms with Crippen molar-refractivity contribution in [2.75, 3.05) is 13.1 Å². The summed E-state index contributed by atoms with van der Waals surface area (Å²) in [4.78, 5) is 32.9. The van der Waals surface area contributed by atoms with Crippen molar-refractivity contribution in [3.8, 4) is 11.5 Å². The second-order valence-electron chi connectivity index (χ2n) is 13.2. The summed E-state index contributed by atoms with van der Waals surface area (Å²) in [5.41, 5.74) is 7.89. The lowest BCUT2D eigenvalue weighted by molar-refractivity contribution is 0.0452. The molecule has 1 unspecified atom stereocenters. The van der Waals surface area contributed by atoms with E-state index in [1.807, 2.05) is 50.9 Å². The molecule has 3 heterocycles. The molecule has 1 saturated heterocycles. The van der Waals surface area contributed by atoms with Crippen LogP contribution < -0.4 is 5.32 Å². The van der Waals surface area contributed by atoms with Crippen LogP contribution in [-0.2, 0) is 24.8 Å². The first-order chi connectivity index (χ1) is 21.5. The average Bonchev–Trinajstić information content (AvgIpc) is 3.52. The number of nitrogens with one attached hydrogen (secondary N) is 1. The summed E-state index contributed by atoms with van der Waals surface area (Å²) in [6, 6.07) is 23.0. The fourth-order valence-corrected chi connectivity index (χ4v) is 6.50. The van der Waals surface area contributed by atoms with Gasteiger partial charge in [0.25, 0.3) is 5.91 Å². The number of carbonyl (C=O) groups is 2. The van der Waals surface area contributed by atoms with Crippen molar-refractivity contribution in [2.45, 2.75) is 72.1 Å². The van der Waals surface area contributed by atoms with E-state index in [4.69, 9.17) is 9.72 Å². The van der Waals surface area contributed by atoms with Crippen molar-refractivity contribution in [3.63, 3.8) is 0 Å². The van der Waals surface area contributed by atoms with Crippen molar-refractivity contribution in [2.24, 2.45) is 7.05 Å². The zero-order valence-electron chi connectivity index (χ0n) is 27.2. The van der Waals surface area contributed by atoms with Gasteiger partial charge in [0.2, 0.25) is 0 Å². The van der Waals surface area contributed by atoms with Crippen LogP contribution in [0.2, 0.25) is 0 Å². The summed E-state index contributed by atoms with van der Waals surface area (Å²) in [7, 11) is 2.03. The van der Waals surface area contributed by atoms with Gasteiger partial charge in [0.15, 0.2) is 5.82 Å². The number of alkyl carbamates (subject to hydrolysis) is 1. The standard InChI is InChI=1S/C37H43N5O3/c1-7-26-15-14-25(19-24(26)2)22-42-31-13-9-8-11-27(31)21-33(42)34-39-30-20-28(16-17-32(30)40(34)6)35(43)41-18-10-12-29(23-41)38-36(44)45-37(3,4)5/h8-9,11,13-17,19-21,29H,7,10,12,18,22-23H2,1-6H3,(H,38,44). The van der Waals surface area contributed by atoms with Crippen LogP contribution in [0.1, 0.15) is 67.6 Å². The molecule has 8 heteroatoms. The number of likely N-dealkylation sites (tertiary alicyclic amines) is 1. The summed E-state index contributed by atoms with van der Waals surface area (Å²) in [6.07, 6.45) is 2.19. The number of rotatable bonds is 6. The number of ether oxygens (including phenoxy) is 1. The molecule has 6 rings (SSSR count). The maximum atomic E-state index is 13.7. The minimum atomic E-state index is -0.571. The molecule has 0 radical (unpaired) electrons. The highest BCUT2D eigenvalue weighted by Gasteiger charge is 2.28. The number of amides is 2. The van der Waals surface area contributed by atoms with Crippen LogP contribution in [-0.4, -0.2) is 55.8 Å². The Hall–Kier alpha value is -4.59. The first kappa shape index (κ1) is 30.4. The third-order valence-corrected chi connectivity index (χ3v) is 8.73. The number of imidazole rings is 1. The van der Waals surface area contributed by atoms with E-state index < -0.39 is 11.7 Å². The number of hydrogen-bond donors (Lipinski definition) is 1. The quantitative estimate of drug-likeness (QED) is 0.221. The van der Waals surface area contributed by atoms with Gasteiger partial charge in [-0.1, -0.05) is 43.3 Å². The molecule has 45 heavy (non-hydrogen) atoms. The Morgan fingerprint density at radius 1 is 1.02 bits per heavy atom. The molecule has 2 amide bonds. The molecule has 1 aliphatic heterocycles. The van der Waals surface area contributed by atoms with Gasteiger partial charge in [0.05, 0.1) is 16.7 Å². The van der Waals surface area contributed by atoms with Crippen molar-refractivity contribution in [1.82, 2.24) is 24.3 Å². The molecule has 0 saturated carbocycles. The molecule has 0 spiro atoms. The van der Waals surface area contributed by atoms with Crippen molar-refractivity contribution in [1.29, 1.82) is 0 Å². The van der Waals surface area contributed by atoms with E-state index >= 15 is 0 Å². The van der Waals surface area contributed by atoms with E-state index in [-0.39, 0.29) is 11.9 Å². The maximum absolute atomic E-state index is 13.7. The number of aryl methyl sites for hydroxylation is 3. The highest BCUT2D eigenvalue weighted by atomic mass is 16.6. The highest BCUT2D eigenvalue weighted by Crippen LogP contribution is 2.31. The molecule has 3 aromatic carbocycles. The zero-order chi connectivity index (χ0) is 31.9. The molecular weight excluding hydrogens is 562 g/mol. The van der Waals surface area contributed by atoms with Crippen LogP contribution >= 0.6 is 0 Å². The Bertz CT molecular complexity index is 1890. The molecule has 0 bridgehead atoms. The van der Waals surface area contributed by atoms with Crippen LogP contribution in [0.15, 0.2) is 66.7 Å². The molecule has 234 valence electrons. The Labute approximate surface area is 265 Å². The van der Waals surface area contributed by atoms with E-state index in [1.54, 1.807) is 0 Å².